The Hall–Kier alpha value is -0.770. The molecular weight excluding hydrogens is 247 g/mol. The molecule has 1 rings (SSSR count). The molecule has 88 valence electrons. The Bertz CT molecular complexity index is 349. The van der Waals surface area contributed by atoms with E-state index in [1.165, 1.54) is 0 Å². The van der Waals surface area contributed by atoms with Crippen LogP contribution in [0, 0.1) is 0 Å². The zero-order valence-corrected chi connectivity index (χ0v) is 10.5. The standard InChI is InChI=1S/C11H14Cl2N2O/c1-2-15-11(16)7-14-6-8-9(12)4-3-5-10(8)13/h3-5,14H,2,6-7H2,1H3,(H,15,16). The van der Waals surface area contributed by atoms with Gasteiger partial charge in [-0.25, -0.2) is 0 Å². The van der Waals surface area contributed by atoms with Crippen LogP contribution >= 0.6 is 23.2 Å². The Morgan fingerprint density at radius 1 is 1.31 bits per heavy atom. The van der Waals surface area contributed by atoms with Crippen molar-refractivity contribution in [2.75, 3.05) is 13.1 Å². The zero-order chi connectivity index (χ0) is 12.0. The Labute approximate surface area is 105 Å². The van der Waals surface area contributed by atoms with Gasteiger partial charge in [0.15, 0.2) is 0 Å². The molecule has 0 unspecified atom stereocenters. The van der Waals surface area contributed by atoms with Crippen LogP contribution in [0.1, 0.15) is 12.5 Å². The smallest absolute Gasteiger partial charge is 0.233 e. The number of amides is 1. The lowest BCUT2D eigenvalue weighted by molar-refractivity contribution is -0.120. The number of hydrogen-bond acceptors (Lipinski definition) is 2. The number of likely N-dealkylation sites (N-methyl/N-ethyl adjacent to an activating group) is 1. The maximum Gasteiger partial charge on any atom is 0.233 e. The van der Waals surface area contributed by atoms with Gasteiger partial charge in [0.05, 0.1) is 6.54 Å². The van der Waals surface area contributed by atoms with Crippen molar-refractivity contribution in [3.63, 3.8) is 0 Å². The van der Waals surface area contributed by atoms with Crippen LogP contribution in [0.2, 0.25) is 10.0 Å². The molecule has 0 heterocycles. The van der Waals surface area contributed by atoms with Crippen molar-refractivity contribution in [1.82, 2.24) is 10.6 Å². The summed E-state index contributed by atoms with van der Waals surface area (Å²) in [7, 11) is 0. The summed E-state index contributed by atoms with van der Waals surface area (Å²) in [5, 5.41) is 6.90. The predicted octanol–water partition coefficient (Wildman–Crippen LogP) is 2.22. The van der Waals surface area contributed by atoms with Gasteiger partial charge in [-0.15, -0.1) is 0 Å². The summed E-state index contributed by atoms with van der Waals surface area (Å²) in [6, 6.07) is 5.34. The van der Waals surface area contributed by atoms with Gasteiger partial charge >= 0.3 is 0 Å². The summed E-state index contributed by atoms with van der Waals surface area (Å²) in [5.74, 6) is -0.0364. The van der Waals surface area contributed by atoms with Crippen molar-refractivity contribution in [2.24, 2.45) is 0 Å². The third-order valence-corrected chi connectivity index (χ3v) is 2.73. The number of carbonyl (C=O) groups excluding carboxylic acids is 1. The summed E-state index contributed by atoms with van der Waals surface area (Å²) < 4.78 is 0. The molecule has 0 radical (unpaired) electrons. The molecule has 0 aliphatic carbocycles. The third kappa shape index (κ3) is 4.00. The molecule has 0 bridgehead atoms. The molecule has 0 atom stereocenters. The molecule has 0 fully saturated rings. The molecule has 5 heteroatoms. The zero-order valence-electron chi connectivity index (χ0n) is 9.02. The fourth-order valence-electron chi connectivity index (χ4n) is 1.26. The highest BCUT2D eigenvalue weighted by atomic mass is 35.5. The van der Waals surface area contributed by atoms with E-state index in [0.717, 1.165) is 5.56 Å². The highest BCUT2D eigenvalue weighted by Gasteiger charge is 2.05. The van der Waals surface area contributed by atoms with Gasteiger partial charge in [-0.2, -0.15) is 0 Å². The quantitative estimate of drug-likeness (QED) is 0.853. The van der Waals surface area contributed by atoms with Crippen LogP contribution in [-0.4, -0.2) is 19.0 Å². The number of nitrogens with one attached hydrogen (secondary N) is 2. The molecule has 1 amide bonds. The summed E-state index contributed by atoms with van der Waals surface area (Å²) in [5.41, 5.74) is 0.815. The Morgan fingerprint density at radius 2 is 1.94 bits per heavy atom. The van der Waals surface area contributed by atoms with Crippen LogP contribution in [0.5, 0.6) is 0 Å². The molecule has 3 nitrogen and oxygen atoms in total. The highest BCUT2D eigenvalue weighted by molar-refractivity contribution is 6.35. The molecule has 0 aromatic heterocycles. The largest absolute Gasteiger partial charge is 0.355 e. The lowest BCUT2D eigenvalue weighted by Crippen LogP contribution is -2.33. The van der Waals surface area contributed by atoms with E-state index in [0.29, 0.717) is 23.1 Å². The Morgan fingerprint density at radius 3 is 2.50 bits per heavy atom. The first-order valence-corrected chi connectivity index (χ1v) is 5.81. The van der Waals surface area contributed by atoms with Crippen LogP contribution in [0.4, 0.5) is 0 Å². The van der Waals surface area contributed by atoms with Gasteiger partial charge < -0.3 is 10.6 Å². The van der Waals surface area contributed by atoms with Gasteiger partial charge in [-0.3, -0.25) is 4.79 Å². The molecule has 16 heavy (non-hydrogen) atoms. The van der Waals surface area contributed by atoms with Gasteiger partial charge in [-0.05, 0) is 19.1 Å². The SMILES string of the molecule is CCNC(=O)CNCc1c(Cl)cccc1Cl. The Balaban J connectivity index is 2.46. The van der Waals surface area contributed by atoms with E-state index in [1.807, 2.05) is 6.92 Å². The second-order valence-corrected chi connectivity index (χ2v) is 4.07. The Kier molecular flexibility index (Phi) is 5.60. The summed E-state index contributed by atoms with van der Waals surface area (Å²) in [6.07, 6.45) is 0. The second kappa shape index (κ2) is 6.74. The predicted molar refractivity (Wildman–Crippen MR) is 66.9 cm³/mol. The second-order valence-electron chi connectivity index (χ2n) is 3.26. The van der Waals surface area contributed by atoms with Gasteiger partial charge in [0.1, 0.15) is 0 Å². The molecular formula is C11H14Cl2N2O. The van der Waals surface area contributed by atoms with E-state index < -0.39 is 0 Å². The van der Waals surface area contributed by atoms with E-state index >= 15 is 0 Å². The van der Waals surface area contributed by atoms with Crippen molar-refractivity contribution < 1.29 is 4.79 Å². The normalized spacial score (nSPS) is 10.2. The molecule has 0 aliphatic heterocycles. The van der Waals surface area contributed by atoms with Crippen molar-refractivity contribution >= 4 is 29.1 Å². The lowest BCUT2D eigenvalue weighted by Gasteiger charge is -2.08. The van der Waals surface area contributed by atoms with E-state index in [-0.39, 0.29) is 12.5 Å². The first-order chi connectivity index (χ1) is 7.65. The van der Waals surface area contributed by atoms with Crippen LogP contribution in [0.15, 0.2) is 18.2 Å². The van der Waals surface area contributed by atoms with E-state index in [2.05, 4.69) is 10.6 Å². The number of hydrogen-bond donors (Lipinski definition) is 2. The summed E-state index contributed by atoms with van der Waals surface area (Å²) in [6.45, 7) is 3.25. The maximum atomic E-state index is 11.2. The maximum absolute atomic E-state index is 11.2. The highest BCUT2D eigenvalue weighted by Crippen LogP contribution is 2.23. The van der Waals surface area contributed by atoms with E-state index in [4.69, 9.17) is 23.2 Å². The van der Waals surface area contributed by atoms with Gasteiger partial charge in [0.25, 0.3) is 0 Å². The van der Waals surface area contributed by atoms with Gasteiger partial charge in [0.2, 0.25) is 5.91 Å². The fourth-order valence-corrected chi connectivity index (χ4v) is 1.79. The van der Waals surface area contributed by atoms with Crippen LogP contribution in [0.25, 0.3) is 0 Å². The minimum Gasteiger partial charge on any atom is -0.355 e. The monoisotopic (exact) mass is 260 g/mol. The lowest BCUT2D eigenvalue weighted by atomic mass is 10.2. The van der Waals surface area contributed by atoms with E-state index in [1.54, 1.807) is 18.2 Å². The molecule has 0 aliphatic rings. The number of halogens is 2. The molecule has 0 saturated carbocycles. The number of carbonyl (C=O) groups is 1. The van der Waals surface area contributed by atoms with Crippen molar-refractivity contribution in [3.8, 4) is 0 Å². The first-order valence-electron chi connectivity index (χ1n) is 5.05. The average molecular weight is 261 g/mol. The van der Waals surface area contributed by atoms with Crippen molar-refractivity contribution in [1.29, 1.82) is 0 Å². The van der Waals surface area contributed by atoms with Crippen molar-refractivity contribution in [2.45, 2.75) is 13.5 Å². The minimum absolute atomic E-state index is 0.0364. The first kappa shape index (κ1) is 13.3. The van der Waals surface area contributed by atoms with E-state index in [9.17, 15) is 4.79 Å². The van der Waals surface area contributed by atoms with Crippen LogP contribution in [-0.2, 0) is 11.3 Å². The van der Waals surface area contributed by atoms with Gasteiger partial charge in [0, 0.05) is 28.7 Å². The number of benzene rings is 1. The van der Waals surface area contributed by atoms with Crippen LogP contribution in [0.3, 0.4) is 0 Å². The molecule has 2 N–H and O–H groups in total. The molecule has 1 aromatic rings. The molecule has 0 spiro atoms. The topological polar surface area (TPSA) is 41.1 Å². The summed E-state index contributed by atoms with van der Waals surface area (Å²) >= 11 is 12.0. The third-order valence-electron chi connectivity index (χ3n) is 2.02. The fraction of sp³-hybridized carbons (Fsp3) is 0.364. The summed E-state index contributed by atoms with van der Waals surface area (Å²) in [4.78, 5) is 11.2. The average Bonchev–Trinajstić information content (AvgIpc) is 2.23. The number of rotatable bonds is 5. The minimum atomic E-state index is -0.0364. The molecule has 0 saturated heterocycles. The van der Waals surface area contributed by atoms with Gasteiger partial charge in [-0.1, -0.05) is 29.3 Å². The van der Waals surface area contributed by atoms with Crippen molar-refractivity contribution in [3.05, 3.63) is 33.8 Å². The van der Waals surface area contributed by atoms with Crippen LogP contribution < -0.4 is 10.6 Å². The molecule has 1 aromatic carbocycles.